The van der Waals surface area contributed by atoms with Crippen molar-refractivity contribution >= 4 is 23.2 Å². The van der Waals surface area contributed by atoms with Crippen LogP contribution < -0.4 is 15.4 Å². The van der Waals surface area contributed by atoms with Crippen molar-refractivity contribution in [2.45, 2.75) is 13.8 Å². The number of nitrogens with one attached hydrogen (secondary N) is 2. The Morgan fingerprint density at radius 3 is 2.65 bits per heavy atom. The molecular weight excluding hydrogens is 334 g/mol. The highest BCUT2D eigenvalue weighted by molar-refractivity contribution is 6.09. The van der Waals surface area contributed by atoms with Gasteiger partial charge in [-0.25, -0.2) is 0 Å². The minimum absolute atomic E-state index is 0.168. The number of anilines is 2. The van der Waals surface area contributed by atoms with Crippen molar-refractivity contribution in [3.05, 3.63) is 65.0 Å². The number of benzene rings is 2. The number of carbonyl (C=O) groups excluding carboxylic acids is 2. The second-order valence-electron chi connectivity index (χ2n) is 6.04. The van der Waals surface area contributed by atoms with Gasteiger partial charge in [-0.2, -0.15) is 0 Å². The van der Waals surface area contributed by atoms with Crippen LogP contribution in [0.25, 0.3) is 0 Å². The van der Waals surface area contributed by atoms with Crippen LogP contribution in [0.2, 0.25) is 0 Å². The quantitative estimate of drug-likeness (QED) is 0.732. The van der Waals surface area contributed by atoms with Crippen LogP contribution in [0.3, 0.4) is 0 Å². The second-order valence-corrected chi connectivity index (χ2v) is 6.04. The number of rotatable bonds is 2. The highest BCUT2D eigenvalue weighted by atomic mass is 16.5. The first-order chi connectivity index (χ1) is 12.5. The highest BCUT2D eigenvalue weighted by Crippen LogP contribution is 2.37. The van der Waals surface area contributed by atoms with Gasteiger partial charge < -0.3 is 19.9 Å². The molecule has 2 amide bonds. The molecule has 2 aromatic carbocycles. The molecule has 0 atom stereocenters. The molecule has 0 aliphatic carbocycles. The molecule has 1 aliphatic heterocycles. The number of hydrogen-bond donors (Lipinski definition) is 2. The summed E-state index contributed by atoms with van der Waals surface area (Å²) >= 11 is 0. The van der Waals surface area contributed by atoms with Crippen molar-refractivity contribution in [1.29, 1.82) is 0 Å². The summed E-state index contributed by atoms with van der Waals surface area (Å²) in [6.07, 6.45) is 0. The van der Waals surface area contributed by atoms with E-state index in [1.54, 1.807) is 25.1 Å². The van der Waals surface area contributed by atoms with Gasteiger partial charge >= 0.3 is 0 Å². The van der Waals surface area contributed by atoms with E-state index in [1.807, 2.05) is 25.1 Å². The van der Waals surface area contributed by atoms with Crippen LogP contribution in [-0.2, 0) is 0 Å². The van der Waals surface area contributed by atoms with E-state index in [4.69, 9.17) is 9.26 Å². The lowest BCUT2D eigenvalue weighted by molar-refractivity contribution is 0.101. The molecule has 7 nitrogen and oxygen atoms in total. The van der Waals surface area contributed by atoms with Crippen LogP contribution in [0.15, 0.2) is 47.0 Å². The standard InChI is InChI=1S/C19H15N3O4/c1-10-3-5-17-14(7-10)21-18(23)13-9-12(4-6-16(13)25-17)20-19(24)15-8-11(2)26-22-15/h3-9H,1-2H3,(H,20,24)(H,21,23). The third-order valence-corrected chi connectivity index (χ3v) is 3.95. The number of aromatic nitrogens is 1. The van der Waals surface area contributed by atoms with Gasteiger partial charge in [-0.3, -0.25) is 9.59 Å². The lowest BCUT2D eigenvalue weighted by atomic mass is 10.1. The summed E-state index contributed by atoms with van der Waals surface area (Å²) in [5.41, 5.74) is 2.56. The zero-order valence-corrected chi connectivity index (χ0v) is 14.1. The summed E-state index contributed by atoms with van der Waals surface area (Å²) in [5.74, 6) is 0.796. The molecule has 7 heteroatoms. The van der Waals surface area contributed by atoms with Gasteiger partial charge in [-0.1, -0.05) is 11.2 Å². The van der Waals surface area contributed by atoms with Gasteiger partial charge in [0, 0.05) is 11.8 Å². The summed E-state index contributed by atoms with van der Waals surface area (Å²) in [6, 6.07) is 12.0. The molecule has 0 spiro atoms. The van der Waals surface area contributed by atoms with Crippen molar-refractivity contribution in [3.8, 4) is 11.5 Å². The van der Waals surface area contributed by atoms with Crippen LogP contribution in [0.1, 0.15) is 32.2 Å². The number of aryl methyl sites for hydroxylation is 2. The monoisotopic (exact) mass is 349 g/mol. The fourth-order valence-corrected chi connectivity index (χ4v) is 2.68. The van der Waals surface area contributed by atoms with E-state index in [0.29, 0.717) is 34.2 Å². The SMILES string of the molecule is Cc1ccc2c(c1)NC(=O)c1cc(NC(=O)c3cc(C)on3)ccc1O2. The molecule has 1 aliphatic rings. The van der Waals surface area contributed by atoms with Gasteiger partial charge in [0.25, 0.3) is 11.8 Å². The maximum atomic E-state index is 12.6. The molecule has 0 bridgehead atoms. The van der Waals surface area contributed by atoms with E-state index in [1.165, 1.54) is 6.07 Å². The highest BCUT2D eigenvalue weighted by Gasteiger charge is 2.22. The molecule has 26 heavy (non-hydrogen) atoms. The first-order valence-electron chi connectivity index (χ1n) is 7.98. The third-order valence-electron chi connectivity index (χ3n) is 3.95. The van der Waals surface area contributed by atoms with Crippen molar-refractivity contribution in [1.82, 2.24) is 5.16 Å². The minimum Gasteiger partial charge on any atom is -0.454 e. The lowest BCUT2D eigenvalue weighted by Crippen LogP contribution is -2.14. The summed E-state index contributed by atoms with van der Waals surface area (Å²) in [7, 11) is 0. The largest absolute Gasteiger partial charge is 0.454 e. The topological polar surface area (TPSA) is 93.5 Å². The smallest absolute Gasteiger partial charge is 0.277 e. The molecule has 2 heterocycles. The maximum Gasteiger partial charge on any atom is 0.277 e. The number of carbonyl (C=O) groups is 2. The fourth-order valence-electron chi connectivity index (χ4n) is 2.68. The Bertz CT molecular complexity index is 1040. The Morgan fingerprint density at radius 2 is 1.88 bits per heavy atom. The molecule has 0 saturated heterocycles. The van der Waals surface area contributed by atoms with Crippen LogP contribution in [0.4, 0.5) is 11.4 Å². The predicted molar refractivity (Wildman–Crippen MR) is 94.8 cm³/mol. The zero-order valence-electron chi connectivity index (χ0n) is 14.1. The Labute approximate surface area is 149 Å². The molecule has 0 unspecified atom stereocenters. The Balaban J connectivity index is 1.63. The van der Waals surface area contributed by atoms with E-state index in [2.05, 4.69) is 15.8 Å². The van der Waals surface area contributed by atoms with Crippen LogP contribution in [0, 0.1) is 13.8 Å². The van der Waals surface area contributed by atoms with Crippen LogP contribution >= 0.6 is 0 Å². The van der Waals surface area contributed by atoms with Gasteiger partial charge in [-0.15, -0.1) is 0 Å². The van der Waals surface area contributed by atoms with Crippen molar-refractivity contribution in [2.24, 2.45) is 0 Å². The molecule has 3 aromatic rings. The van der Waals surface area contributed by atoms with Crippen molar-refractivity contribution in [3.63, 3.8) is 0 Å². The van der Waals surface area contributed by atoms with E-state index < -0.39 is 5.91 Å². The summed E-state index contributed by atoms with van der Waals surface area (Å²) in [5, 5.41) is 9.20. The number of hydrogen-bond acceptors (Lipinski definition) is 5. The molecule has 0 radical (unpaired) electrons. The van der Waals surface area contributed by atoms with Gasteiger partial charge in [-0.05, 0) is 49.7 Å². The molecule has 130 valence electrons. The molecule has 1 aromatic heterocycles. The minimum atomic E-state index is -0.421. The maximum absolute atomic E-state index is 12.6. The van der Waals surface area contributed by atoms with Crippen molar-refractivity contribution < 1.29 is 18.8 Å². The van der Waals surface area contributed by atoms with E-state index in [0.717, 1.165) is 5.56 Å². The predicted octanol–water partition coefficient (Wildman–Crippen LogP) is 3.90. The average Bonchev–Trinajstić information content (AvgIpc) is 2.99. The van der Waals surface area contributed by atoms with Crippen LogP contribution in [0.5, 0.6) is 11.5 Å². The summed E-state index contributed by atoms with van der Waals surface area (Å²) < 4.78 is 10.8. The number of ether oxygens (including phenoxy) is 1. The van der Waals surface area contributed by atoms with E-state index in [-0.39, 0.29) is 11.6 Å². The Morgan fingerprint density at radius 1 is 1.08 bits per heavy atom. The summed E-state index contributed by atoms with van der Waals surface area (Å²) in [4.78, 5) is 24.8. The van der Waals surface area contributed by atoms with Crippen LogP contribution in [-0.4, -0.2) is 17.0 Å². The van der Waals surface area contributed by atoms with Gasteiger partial charge in [0.15, 0.2) is 11.4 Å². The van der Waals surface area contributed by atoms with E-state index >= 15 is 0 Å². The number of nitrogens with zero attached hydrogens (tertiary/aromatic N) is 1. The molecule has 4 rings (SSSR count). The molecular formula is C19H15N3O4. The average molecular weight is 349 g/mol. The zero-order chi connectivity index (χ0) is 18.3. The lowest BCUT2D eigenvalue weighted by Gasteiger charge is -2.09. The van der Waals surface area contributed by atoms with Gasteiger partial charge in [0.2, 0.25) is 0 Å². The Hall–Kier alpha value is -3.61. The first kappa shape index (κ1) is 15.9. The first-order valence-corrected chi connectivity index (χ1v) is 7.98. The third kappa shape index (κ3) is 2.90. The number of fused-ring (bicyclic) bond motifs is 2. The van der Waals surface area contributed by atoms with Crippen molar-refractivity contribution in [2.75, 3.05) is 10.6 Å². The van der Waals surface area contributed by atoms with Gasteiger partial charge in [0.1, 0.15) is 11.5 Å². The molecule has 0 fully saturated rings. The molecule has 0 saturated carbocycles. The second kappa shape index (κ2) is 6.03. The van der Waals surface area contributed by atoms with E-state index in [9.17, 15) is 9.59 Å². The Kier molecular flexibility index (Phi) is 3.69. The normalized spacial score (nSPS) is 12.3. The summed E-state index contributed by atoms with van der Waals surface area (Å²) in [6.45, 7) is 3.64. The van der Waals surface area contributed by atoms with Gasteiger partial charge in [0.05, 0.1) is 11.3 Å². The fraction of sp³-hybridized carbons (Fsp3) is 0.105. The molecule has 2 N–H and O–H groups in total. The number of amides is 2.